The van der Waals surface area contributed by atoms with Gasteiger partial charge in [0.05, 0.1) is 0 Å². The summed E-state index contributed by atoms with van der Waals surface area (Å²) in [5, 5.41) is 9.69. The number of carbonyl (C=O) groups excluding carboxylic acids is 1. The summed E-state index contributed by atoms with van der Waals surface area (Å²) in [5.41, 5.74) is -1.03. The summed E-state index contributed by atoms with van der Waals surface area (Å²) >= 11 is 0. The maximum atomic E-state index is 11.7. The minimum Gasteiger partial charge on any atom is -0.455 e. The Morgan fingerprint density at radius 2 is 2.06 bits per heavy atom. The van der Waals surface area contributed by atoms with Crippen molar-refractivity contribution < 1.29 is 14.3 Å². The van der Waals surface area contributed by atoms with Gasteiger partial charge < -0.3 is 9.52 Å². The monoisotopic (exact) mass is 224 g/mol. The Morgan fingerprint density at radius 3 is 2.56 bits per heavy atom. The molecule has 0 radical (unpaired) electrons. The molecule has 0 spiro atoms. The summed E-state index contributed by atoms with van der Waals surface area (Å²) in [4.78, 5) is 11.7. The SMILES string of the molecule is CCCCCC(=O)c1ccc(C(C)(C)O)o1. The lowest BCUT2D eigenvalue weighted by Crippen LogP contribution is -2.14. The van der Waals surface area contributed by atoms with Crippen LogP contribution in [0.2, 0.25) is 0 Å². The van der Waals surface area contributed by atoms with Gasteiger partial charge >= 0.3 is 0 Å². The van der Waals surface area contributed by atoms with Crippen LogP contribution in [0.4, 0.5) is 0 Å². The van der Waals surface area contributed by atoms with Crippen LogP contribution >= 0.6 is 0 Å². The van der Waals surface area contributed by atoms with Crippen molar-refractivity contribution >= 4 is 5.78 Å². The van der Waals surface area contributed by atoms with Crippen molar-refractivity contribution in [3.63, 3.8) is 0 Å². The first-order chi connectivity index (χ1) is 7.45. The third-order valence-corrected chi connectivity index (χ3v) is 2.49. The number of hydrogen-bond donors (Lipinski definition) is 1. The van der Waals surface area contributed by atoms with Gasteiger partial charge in [-0.2, -0.15) is 0 Å². The molecule has 3 nitrogen and oxygen atoms in total. The smallest absolute Gasteiger partial charge is 0.197 e. The van der Waals surface area contributed by atoms with E-state index < -0.39 is 5.60 Å². The molecule has 0 aromatic carbocycles. The highest BCUT2D eigenvalue weighted by Crippen LogP contribution is 2.22. The molecule has 0 aliphatic heterocycles. The molecule has 0 fully saturated rings. The van der Waals surface area contributed by atoms with Gasteiger partial charge in [-0.25, -0.2) is 0 Å². The zero-order chi connectivity index (χ0) is 12.2. The molecule has 0 aliphatic rings. The molecule has 1 N–H and O–H groups in total. The quantitative estimate of drug-likeness (QED) is 0.596. The molecule has 1 aromatic heterocycles. The number of rotatable bonds is 6. The van der Waals surface area contributed by atoms with Gasteiger partial charge in [-0.15, -0.1) is 0 Å². The van der Waals surface area contributed by atoms with Crippen molar-refractivity contribution in [2.45, 2.75) is 52.1 Å². The molecule has 1 heterocycles. The standard InChI is InChI=1S/C13H20O3/c1-4-5-6-7-10(14)11-8-9-12(16-11)13(2,3)15/h8-9,15H,4-7H2,1-3H3. The second-order valence-electron chi connectivity index (χ2n) is 4.60. The summed E-state index contributed by atoms with van der Waals surface area (Å²) in [6, 6.07) is 3.30. The summed E-state index contributed by atoms with van der Waals surface area (Å²) < 4.78 is 5.34. The molecule has 0 atom stereocenters. The summed E-state index contributed by atoms with van der Waals surface area (Å²) in [6.45, 7) is 5.37. The number of unbranched alkanes of at least 4 members (excludes halogenated alkanes) is 2. The van der Waals surface area contributed by atoms with Gasteiger partial charge in [0.15, 0.2) is 11.5 Å². The van der Waals surface area contributed by atoms with E-state index in [1.807, 2.05) is 0 Å². The highest BCUT2D eigenvalue weighted by Gasteiger charge is 2.21. The van der Waals surface area contributed by atoms with Crippen LogP contribution in [0.5, 0.6) is 0 Å². The highest BCUT2D eigenvalue weighted by molar-refractivity contribution is 5.93. The van der Waals surface area contributed by atoms with E-state index in [1.165, 1.54) is 0 Å². The average Bonchev–Trinajstić information content (AvgIpc) is 2.66. The number of aliphatic hydroxyl groups is 1. The molecule has 16 heavy (non-hydrogen) atoms. The van der Waals surface area contributed by atoms with E-state index in [-0.39, 0.29) is 5.78 Å². The van der Waals surface area contributed by atoms with Crippen LogP contribution in [0.1, 0.15) is 62.8 Å². The second-order valence-corrected chi connectivity index (χ2v) is 4.60. The maximum absolute atomic E-state index is 11.7. The molecule has 0 amide bonds. The van der Waals surface area contributed by atoms with Gasteiger partial charge in [-0.3, -0.25) is 4.79 Å². The molecule has 1 aromatic rings. The topological polar surface area (TPSA) is 50.4 Å². The molecule has 90 valence electrons. The Kier molecular flexibility index (Phi) is 4.30. The normalized spacial score (nSPS) is 11.8. The van der Waals surface area contributed by atoms with Crippen LogP contribution in [0.15, 0.2) is 16.5 Å². The van der Waals surface area contributed by atoms with E-state index >= 15 is 0 Å². The maximum Gasteiger partial charge on any atom is 0.197 e. The Hall–Kier alpha value is -1.09. The van der Waals surface area contributed by atoms with E-state index in [2.05, 4.69) is 6.92 Å². The first kappa shape index (κ1) is 13.0. The van der Waals surface area contributed by atoms with Gasteiger partial charge in [-0.1, -0.05) is 19.8 Å². The van der Waals surface area contributed by atoms with Crippen molar-refractivity contribution in [1.82, 2.24) is 0 Å². The van der Waals surface area contributed by atoms with Crippen molar-refractivity contribution in [2.24, 2.45) is 0 Å². The Balaban J connectivity index is 2.60. The minimum atomic E-state index is -1.03. The number of Topliss-reactive ketones (excluding diaryl/α,β-unsaturated/α-hetero) is 1. The van der Waals surface area contributed by atoms with Crippen LogP contribution in [0.25, 0.3) is 0 Å². The highest BCUT2D eigenvalue weighted by atomic mass is 16.4. The Labute approximate surface area is 96.5 Å². The van der Waals surface area contributed by atoms with E-state index in [9.17, 15) is 9.90 Å². The van der Waals surface area contributed by atoms with Crippen LogP contribution in [-0.2, 0) is 5.60 Å². The Morgan fingerprint density at radius 1 is 1.38 bits per heavy atom. The van der Waals surface area contributed by atoms with Gasteiger partial charge in [0.2, 0.25) is 0 Å². The lowest BCUT2D eigenvalue weighted by Gasteiger charge is -2.12. The number of carbonyl (C=O) groups is 1. The van der Waals surface area contributed by atoms with Crippen LogP contribution in [0, 0.1) is 0 Å². The zero-order valence-corrected chi connectivity index (χ0v) is 10.2. The van der Waals surface area contributed by atoms with E-state index in [0.717, 1.165) is 19.3 Å². The number of ketones is 1. The molecule has 3 heteroatoms. The fraction of sp³-hybridized carbons (Fsp3) is 0.615. The molecule has 0 saturated carbocycles. The first-order valence-corrected chi connectivity index (χ1v) is 5.81. The fourth-order valence-corrected chi connectivity index (χ4v) is 1.48. The second kappa shape index (κ2) is 5.30. The lowest BCUT2D eigenvalue weighted by atomic mass is 10.1. The molecule has 1 rings (SSSR count). The van der Waals surface area contributed by atoms with E-state index in [1.54, 1.807) is 26.0 Å². The first-order valence-electron chi connectivity index (χ1n) is 5.81. The van der Waals surface area contributed by atoms with Crippen LogP contribution in [-0.4, -0.2) is 10.9 Å². The third kappa shape index (κ3) is 3.49. The summed E-state index contributed by atoms with van der Waals surface area (Å²) in [7, 11) is 0. The van der Waals surface area contributed by atoms with Gasteiger partial charge in [0, 0.05) is 6.42 Å². The van der Waals surface area contributed by atoms with Crippen molar-refractivity contribution in [3.8, 4) is 0 Å². The third-order valence-electron chi connectivity index (χ3n) is 2.49. The number of hydrogen-bond acceptors (Lipinski definition) is 3. The summed E-state index contributed by atoms with van der Waals surface area (Å²) in [6.07, 6.45) is 3.58. The summed E-state index contributed by atoms with van der Waals surface area (Å²) in [5.74, 6) is 0.809. The van der Waals surface area contributed by atoms with Crippen molar-refractivity contribution in [1.29, 1.82) is 0 Å². The average molecular weight is 224 g/mol. The molecular formula is C13H20O3. The Bertz CT molecular complexity index is 344. The van der Waals surface area contributed by atoms with Crippen molar-refractivity contribution in [3.05, 3.63) is 23.7 Å². The predicted molar refractivity (Wildman–Crippen MR) is 62.4 cm³/mol. The van der Waals surface area contributed by atoms with E-state index in [4.69, 9.17) is 4.42 Å². The predicted octanol–water partition coefficient (Wildman–Crippen LogP) is 3.27. The van der Waals surface area contributed by atoms with Gasteiger partial charge in [0.25, 0.3) is 0 Å². The lowest BCUT2D eigenvalue weighted by molar-refractivity contribution is 0.0524. The van der Waals surface area contributed by atoms with Gasteiger partial charge in [-0.05, 0) is 32.4 Å². The van der Waals surface area contributed by atoms with Crippen molar-refractivity contribution in [2.75, 3.05) is 0 Å². The molecule has 0 bridgehead atoms. The zero-order valence-electron chi connectivity index (χ0n) is 10.2. The molecule has 0 aliphatic carbocycles. The van der Waals surface area contributed by atoms with Gasteiger partial charge in [0.1, 0.15) is 11.4 Å². The van der Waals surface area contributed by atoms with E-state index in [0.29, 0.717) is 17.9 Å². The number of furan rings is 1. The minimum absolute atomic E-state index is 0.0175. The fourth-order valence-electron chi connectivity index (χ4n) is 1.48. The molecular weight excluding hydrogens is 204 g/mol. The largest absolute Gasteiger partial charge is 0.455 e. The molecule has 0 saturated heterocycles. The van der Waals surface area contributed by atoms with Crippen LogP contribution < -0.4 is 0 Å². The molecule has 0 unspecified atom stereocenters. The van der Waals surface area contributed by atoms with Crippen LogP contribution in [0.3, 0.4) is 0 Å².